The highest BCUT2D eigenvalue weighted by Gasteiger charge is 2.11. The van der Waals surface area contributed by atoms with Crippen LogP contribution in [0.1, 0.15) is 15.9 Å². The highest BCUT2D eigenvalue weighted by atomic mass is 32.2. The van der Waals surface area contributed by atoms with Gasteiger partial charge in [0.2, 0.25) is 0 Å². The minimum absolute atomic E-state index is 0.137. The molecule has 0 atom stereocenters. The first kappa shape index (κ1) is 13.7. The number of methoxy groups -OCH3 is 1. The molecule has 0 saturated heterocycles. The van der Waals surface area contributed by atoms with Crippen LogP contribution < -0.4 is 4.74 Å². The van der Waals surface area contributed by atoms with Gasteiger partial charge in [0, 0.05) is 16.9 Å². The van der Waals surface area contributed by atoms with E-state index in [0.29, 0.717) is 6.42 Å². The smallest absolute Gasteiger partial charge is 0.168 e. The first-order chi connectivity index (χ1) is 9.24. The Hall–Kier alpha value is -1.74. The highest BCUT2D eigenvalue weighted by Crippen LogP contribution is 2.22. The summed E-state index contributed by atoms with van der Waals surface area (Å²) in [6.45, 7) is 0. The Bertz CT molecular complexity index is 578. The van der Waals surface area contributed by atoms with Crippen LogP contribution in [0.5, 0.6) is 5.75 Å². The average molecular weight is 272 g/mol. The maximum atomic E-state index is 12.3. The Labute approximate surface area is 117 Å². The minimum Gasteiger partial charge on any atom is -0.497 e. The average Bonchev–Trinajstić information content (AvgIpc) is 2.47. The van der Waals surface area contributed by atoms with Crippen molar-refractivity contribution in [3.8, 4) is 5.75 Å². The molecule has 0 N–H and O–H groups in total. The summed E-state index contributed by atoms with van der Waals surface area (Å²) in [6.07, 6.45) is 2.38. The second-order valence-corrected chi connectivity index (χ2v) is 5.00. The maximum absolute atomic E-state index is 12.3. The number of ether oxygens (including phenoxy) is 1. The lowest BCUT2D eigenvalue weighted by Gasteiger charge is -2.07. The molecule has 98 valence electrons. The summed E-state index contributed by atoms with van der Waals surface area (Å²) in [4.78, 5) is 13.4. The van der Waals surface area contributed by atoms with Crippen molar-refractivity contribution < 1.29 is 9.53 Å². The predicted octanol–water partition coefficient (Wildman–Crippen LogP) is 3.84. The van der Waals surface area contributed by atoms with Gasteiger partial charge >= 0.3 is 0 Å². The molecule has 0 radical (unpaired) electrons. The lowest BCUT2D eigenvalue weighted by atomic mass is 10.0. The summed E-state index contributed by atoms with van der Waals surface area (Å²) in [5, 5.41) is 0. The lowest BCUT2D eigenvalue weighted by molar-refractivity contribution is 0.0990. The topological polar surface area (TPSA) is 26.3 Å². The summed E-state index contributed by atoms with van der Waals surface area (Å²) >= 11 is 1.60. The van der Waals surface area contributed by atoms with Gasteiger partial charge in [-0.2, -0.15) is 0 Å². The largest absolute Gasteiger partial charge is 0.497 e. The van der Waals surface area contributed by atoms with Gasteiger partial charge in [-0.3, -0.25) is 4.79 Å². The van der Waals surface area contributed by atoms with Crippen LogP contribution in [0.2, 0.25) is 0 Å². The highest BCUT2D eigenvalue weighted by molar-refractivity contribution is 7.98. The molecule has 0 fully saturated rings. The zero-order valence-electron chi connectivity index (χ0n) is 11.1. The quantitative estimate of drug-likeness (QED) is 0.611. The van der Waals surface area contributed by atoms with E-state index in [-0.39, 0.29) is 5.78 Å². The van der Waals surface area contributed by atoms with Crippen LogP contribution >= 0.6 is 11.8 Å². The molecule has 0 spiro atoms. The number of hydrogen-bond acceptors (Lipinski definition) is 3. The van der Waals surface area contributed by atoms with Crippen LogP contribution in [0.4, 0.5) is 0 Å². The van der Waals surface area contributed by atoms with Gasteiger partial charge in [0.1, 0.15) is 5.75 Å². The fourth-order valence-corrected chi connectivity index (χ4v) is 2.55. The number of Topliss-reactive ketones (excluding diaryl/α,β-unsaturated/α-hetero) is 1. The molecule has 19 heavy (non-hydrogen) atoms. The number of ketones is 1. The molecular weight excluding hydrogens is 256 g/mol. The molecule has 2 aromatic carbocycles. The van der Waals surface area contributed by atoms with E-state index in [1.165, 1.54) is 0 Å². The van der Waals surface area contributed by atoms with Gasteiger partial charge in [0.25, 0.3) is 0 Å². The normalized spacial score (nSPS) is 10.2. The number of hydrogen-bond donors (Lipinski definition) is 0. The van der Waals surface area contributed by atoms with Gasteiger partial charge < -0.3 is 4.74 Å². The molecule has 0 amide bonds. The SMILES string of the molecule is COc1cccc(CC(=O)c2ccccc2SC)c1. The van der Waals surface area contributed by atoms with E-state index in [2.05, 4.69) is 0 Å². The van der Waals surface area contributed by atoms with Gasteiger partial charge in [0.05, 0.1) is 7.11 Å². The summed E-state index contributed by atoms with van der Waals surface area (Å²) in [6, 6.07) is 15.3. The zero-order valence-corrected chi connectivity index (χ0v) is 11.9. The van der Waals surface area contributed by atoms with Crippen molar-refractivity contribution in [1.29, 1.82) is 0 Å². The fraction of sp³-hybridized carbons (Fsp3) is 0.188. The Kier molecular flexibility index (Phi) is 4.63. The number of carbonyl (C=O) groups excluding carboxylic acids is 1. The number of thioether (sulfide) groups is 1. The number of carbonyl (C=O) groups is 1. The van der Waals surface area contributed by atoms with Gasteiger partial charge in [-0.25, -0.2) is 0 Å². The van der Waals surface area contributed by atoms with E-state index in [9.17, 15) is 4.79 Å². The fourth-order valence-electron chi connectivity index (χ4n) is 1.94. The van der Waals surface area contributed by atoms with Crippen molar-refractivity contribution in [1.82, 2.24) is 0 Å². The molecule has 2 rings (SSSR count). The number of benzene rings is 2. The van der Waals surface area contributed by atoms with Gasteiger partial charge in [-0.1, -0.05) is 30.3 Å². The van der Waals surface area contributed by atoms with Crippen molar-refractivity contribution in [2.24, 2.45) is 0 Å². The Morgan fingerprint density at radius 1 is 1.16 bits per heavy atom. The van der Waals surface area contributed by atoms with E-state index in [4.69, 9.17) is 4.74 Å². The standard InChI is InChI=1S/C16H16O2S/c1-18-13-7-5-6-12(10-13)11-15(17)14-8-3-4-9-16(14)19-2/h3-10H,11H2,1-2H3. The molecule has 0 saturated carbocycles. The van der Waals surface area contributed by atoms with E-state index in [1.807, 2.05) is 54.8 Å². The summed E-state index contributed by atoms with van der Waals surface area (Å²) in [5.41, 5.74) is 1.76. The first-order valence-corrected chi connectivity index (χ1v) is 7.26. The maximum Gasteiger partial charge on any atom is 0.168 e. The molecule has 2 aromatic rings. The van der Waals surface area contributed by atoms with E-state index in [1.54, 1.807) is 18.9 Å². The van der Waals surface area contributed by atoms with Crippen molar-refractivity contribution in [3.63, 3.8) is 0 Å². The van der Waals surface area contributed by atoms with Crippen molar-refractivity contribution in [2.75, 3.05) is 13.4 Å². The minimum atomic E-state index is 0.137. The molecule has 0 unspecified atom stereocenters. The molecule has 0 aromatic heterocycles. The second-order valence-electron chi connectivity index (χ2n) is 4.15. The molecular formula is C16H16O2S. The second kappa shape index (κ2) is 6.43. The molecule has 2 nitrogen and oxygen atoms in total. The lowest BCUT2D eigenvalue weighted by Crippen LogP contribution is -2.05. The molecule has 0 aliphatic carbocycles. The first-order valence-electron chi connectivity index (χ1n) is 6.03. The van der Waals surface area contributed by atoms with Crippen LogP contribution in [-0.2, 0) is 6.42 Å². The zero-order chi connectivity index (χ0) is 13.7. The third kappa shape index (κ3) is 3.38. The molecule has 0 bridgehead atoms. The third-order valence-electron chi connectivity index (χ3n) is 2.91. The molecule has 0 aliphatic rings. The predicted molar refractivity (Wildman–Crippen MR) is 79.3 cm³/mol. The van der Waals surface area contributed by atoms with Crippen LogP contribution in [-0.4, -0.2) is 19.1 Å². The van der Waals surface area contributed by atoms with Gasteiger partial charge in [0.15, 0.2) is 5.78 Å². The van der Waals surface area contributed by atoms with Crippen LogP contribution in [0.25, 0.3) is 0 Å². The van der Waals surface area contributed by atoms with Crippen LogP contribution in [0, 0.1) is 0 Å². The van der Waals surface area contributed by atoms with Crippen LogP contribution in [0.3, 0.4) is 0 Å². The third-order valence-corrected chi connectivity index (χ3v) is 3.70. The Morgan fingerprint density at radius 2 is 1.95 bits per heavy atom. The molecule has 0 heterocycles. The van der Waals surface area contributed by atoms with E-state index < -0.39 is 0 Å². The monoisotopic (exact) mass is 272 g/mol. The van der Waals surface area contributed by atoms with Crippen molar-refractivity contribution >= 4 is 17.5 Å². The van der Waals surface area contributed by atoms with Crippen molar-refractivity contribution in [3.05, 3.63) is 59.7 Å². The van der Waals surface area contributed by atoms with E-state index in [0.717, 1.165) is 21.8 Å². The van der Waals surface area contributed by atoms with Gasteiger partial charge in [-0.05, 0) is 30.0 Å². The van der Waals surface area contributed by atoms with Crippen LogP contribution in [0.15, 0.2) is 53.4 Å². The molecule has 0 aliphatic heterocycles. The Balaban J connectivity index is 2.20. The molecule has 3 heteroatoms. The van der Waals surface area contributed by atoms with Crippen molar-refractivity contribution in [2.45, 2.75) is 11.3 Å². The summed E-state index contributed by atoms with van der Waals surface area (Å²) in [5.74, 6) is 0.918. The summed E-state index contributed by atoms with van der Waals surface area (Å²) in [7, 11) is 1.63. The van der Waals surface area contributed by atoms with E-state index >= 15 is 0 Å². The summed E-state index contributed by atoms with van der Waals surface area (Å²) < 4.78 is 5.17. The van der Waals surface area contributed by atoms with Gasteiger partial charge in [-0.15, -0.1) is 11.8 Å². The Morgan fingerprint density at radius 3 is 2.68 bits per heavy atom. The number of rotatable bonds is 5.